The lowest BCUT2D eigenvalue weighted by Gasteiger charge is -2.21. The van der Waals surface area contributed by atoms with Gasteiger partial charge in [-0.05, 0) is 6.92 Å². The molecule has 2 rings (SSSR count). The lowest BCUT2D eigenvalue weighted by molar-refractivity contribution is 0.663. The molecule has 0 bridgehead atoms. The first-order valence-electron chi connectivity index (χ1n) is 4.02. The van der Waals surface area contributed by atoms with Crippen molar-refractivity contribution in [1.82, 2.24) is 9.55 Å². The van der Waals surface area contributed by atoms with Crippen molar-refractivity contribution in [2.45, 2.75) is 17.5 Å². The van der Waals surface area contributed by atoms with Crippen molar-refractivity contribution in [2.75, 3.05) is 11.5 Å². The van der Waals surface area contributed by atoms with E-state index in [9.17, 15) is 0 Å². The van der Waals surface area contributed by atoms with Crippen LogP contribution in [0.1, 0.15) is 6.92 Å². The number of nitrogens with zero attached hydrogens (tertiary/aromatic N) is 2. The molecule has 12 heavy (non-hydrogen) atoms. The fraction of sp³-hybridized carbons (Fsp3) is 0.625. The number of hydrogen-bond donors (Lipinski definition) is 0. The Morgan fingerprint density at radius 3 is 2.83 bits per heavy atom. The van der Waals surface area contributed by atoms with E-state index < -0.39 is 0 Å². The summed E-state index contributed by atoms with van der Waals surface area (Å²) in [6.07, 6.45) is 5.77. The smallest absolute Gasteiger partial charge is 0.0946 e. The molecule has 1 aromatic heterocycles. The Kier molecular flexibility index (Phi) is 2.37. The van der Waals surface area contributed by atoms with Gasteiger partial charge in [0.15, 0.2) is 0 Å². The van der Waals surface area contributed by atoms with Gasteiger partial charge in [0.2, 0.25) is 0 Å². The van der Waals surface area contributed by atoms with Crippen LogP contribution in [-0.4, -0.2) is 25.1 Å². The molecule has 0 unspecified atom stereocenters. The summed E-state index contributed by atoms with van der Waals surface area (Å²) in [6.45, 7) is 3.39. The maximum Gasteiger partial charge on any atom is 0.0946 e. The summed E-state index contributed by atoms with van der Waals surface area (Å²) in [7, 11) is 0. The second kappa shape index (κ2) is 3.34. The minimum Gasteiger partial charge on any atom is -0.335 e. The SMILES string of the molecule is CC1(Cn2ccnc2)SCCS1. The van der Waals surface area contributed by atoms with Gasteiger partial charge in [-0.1, -0.05) is 0 Å². The standard InChI is InChI=1S/C8H12N2S2/c1-8(11-4-5-12-8)6-10-3-2-9-7-10/h2-3,7H,4-6H2,1H3. The first-order valence-corrected chi connectivity index (χ1v) is 5.99. The third-order valence-electron chi connectivity index (χ3n) is 1.93. The number of rotatable bonds is 2. The molecule has 2 nitrogen and oxygen atoms in total. The molecule has 4 heteroatoms. The fourth-order valence-electron chi connectivity index (χ4n) is 1.36. The van der Waals surface area contributed by atoms with Crippen LogP contribution in [0, 0.1) is 0 Å². The maximum atomic E-state index is 4.04. The van der Waals surface area contributed by atoms with Gasteiger partial charge in [-0.2, -0.15) is 0 Å². The number of thioether (sulfide) groups is 2. The van der Waals surface area contributed by atoms with Gasteiger partial charge in [-0.25, -0.2) is 4.98 Å². The lowest BCUT2D eigenvalue weighted by Crippen LogP contribution is -2.19. The van der Waals surface area contributed by atoms with E-state index in [0.717, 1.165) is 6.54 Å². The Bertz CT molecular complexity index is 240. The zero-order valence-corrected chi connectivity index (χ0v) is 8.70. The lowest BCUT2D eigenvalue weighted by atomic mass is 10.4. The van der Waals surface area contributed by atoms with E-state index in [1.54, 1.807) is 0 Å². The molecule has 0 aromatic carbocycles. The molecule has 0 saturated carbocycles. The van der Waals surface area contributed by atoms with Crippen LogP contribution < -0.4 is 0 Å². The quantitative estimate of drug-likeness (QED) is 0.728. The van der Waals surface area contributed by atoms with Crippen LogP contribution in [0.5, 0.6) is 0 Å². The van der Waals surface area contributed by atoms with Crippen molar-refractivity contribution in [2.24, 2.45) is 0 Å². The minimum absolute atomic E-state index is 0.376. The molecule has 2 heterocycles. The molecule has 66 valence electrons. The van der Waals surface area contributed by atoms with Gasteiger partial charge in [0.1, 0.15) is 0 Å². The Balaban J connectivity index is 2.02. The predicted molar refractivity (Wildman–Crippen MR) is 55.5 cm³/mol. The van der Waals surface area contributed by atoms with Crippen molar-refractivity contribution in [3.63, 3.8) is 0 Å². The molecule has 1 aromatic rings. The monoisotopic (exact) mass is 200 g/mol. The Labute approximate surface area is 81.1 Å². The second-order valence-corrected chi connectivity index (χ2v) is 6.52. The largest absolute Gasteiger partial charge is 0.335 e. The molecule has 0 radical (unpaired) electrons. The van der Waals surface area contributed by atoms with E-state index in [1.165, 1.54) is 11.5 Å². The van der Waals surface area contributed by atoms with Gasteiger partial charge < -0.3 is 4.57 Å². The Morgan fingerprint density at radius 1 is 1.50 bits per heavy atom. The minimum atomic E-state index is 0.376. The molecule has 0 N–H and O–H groups in total. The van der Waals surface area contributed by atoms with E-state index in [4.69, 9.17) is 0 Å². The highest BCUT2D eigenvalue weighted by Gasteiger charge is 2.30. The Morgan fingerprint density at radius 2 is 2.25 bits per heavy atom. The zero-order chi connectivity index (χ0) is 8.44. The highest BCUT2D eigenvalue weighted by molar-refractivity contribution is 8.21. The van der Waals surface area contributed by atoms with Crippen LogP contribution in [0.3, 0.4) is 0 Å². The highest BCUT2D eigenvalue weighted by atomic mass is 32.2. The number of hydrogen-bond acceptors (Lipinski definition) is 3. The first kappa shape index (κ1) is 8.51. The molecular formula is C8H12N2S2. The summed E-state index contributed by atoms with van der Waals surface area (Å²) in [5.41, 5.74) is 0. The summed E-state index contributed by atoms with van der Waals surface area (Å²) in [6, 6.07) is 0. The fourth-order valence-corrected chi connectivity index (χ4v) is 4.20. The second-order valence-electron chi connectivity index (χ2n) is 3.07. The first-order chi connectivity index (χ1) is 5.79. The van der Waals surface area contributed by atoms with Crippen molar-refractivity contribution in [1.29, 1.82) is 0 Å². The van der Waals surface area contributed by atoms with Crippen molar-refractivity contribution < 1.29 is 0 Å². The molecular weight excluding hydrogens is 188 g/mol. The number of aromatic nitrogens is 2. The van der Waals surface area contributed by atoms with Gasteiger partial charge in [0, 0.05) is 30.4 Å². The van der Waals surface area contributed by atoms with Gasteiger partial charge in [0.25, 0.3) is 0 Å². The normalized spacial score (nSPS) is 21.4. The molecule has 1 fully saturated rings. The van der Waals surface area contributed by atoms with Crippen LogP contribution in [0.2, 0.25) is 0 Å². The molecule has 0 atom stereocenters. The molecule has 1 aliphatic rings. The highest BCUT2D eigenvalue weighted by Crippen LogP contribution is 2.44. The molecule has 1 saturated heterocycles. The van der Waals surface area contributed by atoms with Crippen LogP contribution in [0.15, 0.2) is 18.7 Å². The Hall–Kier alpha value is -0.0900. The third-order valence-corrected chi connectivity index (χ3v) is 5.19. The van der Waals surface area contributed by atoms with Gasteiger partial charge in [-0.15, -0.1) is 23.5 Å². The summed E-state index contributed by atoms with van der Waals surface area (Å²) < 4.78 is 2.53. The van der Waals surface area contributed by atoms with Gasteiger partial charge in [-0.3, -0.25) is 0 Å². The van der Waals surface area contributed by atoms with E-state index >= 15 is 0 Å². The van der Waals surface area contributed by atoms with E-state index in [2.05, 4.69) is 40.0 Å². The van der Waals surface area contributed by atoms with Crippen LogP contribution >= 0.6 is 23.5 Å². The molecule has 0 aliphatic carbocycles. The van der Waals surface area contributed by atoms with Gasteiger partial charge in [0.05, 0.1) is 10.4 Å². The van der Waals surface area contributed by atoms with Crippen LogP contribution in [-0.2, 0) is 6.54 Å². The zero-order valence-electron chi connectivity index (χ0n) is 7.06. The van der Waals surface area contributed by atoms with Crippen molar-refractivity contribution >= 4 is 23.5 Å². The molecule has 0 spiro atoms. The average molecular weight is 200 g/mol. The van der Waals surface area contributed by atoms with Crippen LogP contribution in [0.4, 0.5) is 0 Å². The average Bonchev–Trinajstić information content (AvgIpc) is 2.62. The van der Waals surface area contributed by atoms with E-state index in [0.29, 0.717) is 4.08 Å². The summed E-state index contributed by atoms with van der Waals surface area (Å²) >= 11 is 4.11. The van der Waals surface area contributed by atoms with Gasteiger partial charge >= 0.3 is 0 Å². The van der Waals surface area contributed by atoms with E-state index in [-0.39, 0.29) is 0 Å². The van der Waals surface area contributed by atoms with Crippen molar-refractivity contribution in [3.05, 3.63) is 18.7 Å². The number of imidazole rings is 1. The topological polar surface area (TPSA) is 17.8 Å². The summed E-state index contributed by atoms with van der Waals surface area (Å²) in [5, 5.41) is 0. The molecule has 1 aliphatic heterocycles. The summed E-state index contributed by atoms with van der Waals surface area (Å²) in [4.78, 5) is 4.04. The maximum absolute atomic E-state index is 4.04. The van der Waals surface area contributed by atoms with Crippen LogP contribution in [0.25, 0.3) is 0 Å². The third kappa shape index (κ3) is 1.80. The predicted octanol–water partition coefficient (Wildman–Crippen LogP) is 2.08. The van der Waals surface area contributed by atoms with Crippen molar-refractivity contribution in [3.8, 4) is 0 Å². The van der Waals surface area contributed by atoms with E-state index in [1.807, 2.05) is 18.7 Å². The summed E-state index contributed by atoms with van der Waals surface area (Å²) in [5.74, 6) is 2.58. The molecule has 0 amide bonds.